The van der Waals surface area contributed by atoms with E-state index in [4.69, 9.17) is 5.73 Å². The van der Waals surface area contributed by atoms with E-state index in [0.29, 0.717) is 0 Å². The zero-order chi connectivity index (χ0) is 15.0. The second-order valence-corrected chi connectivity index (χ2v) is 5.37. The lowest BCUT2D eigenvalue weighted by Crippen LogP contribution is -2.30. The summed E-state index contributed by atoms with van der Waals surface area (Å²) in [4.78, 5) is 14.3. The van der Waals surface area contributed by atoms with Crippen molar-refractivity contribution in [1.82, 2.24) is 4.90 Å². The van der Waals surface area contributed by atoms with Crippen molar-refractivity contribution in [2.24, 2.45) is 0 Å². The first-order valence-electron chi connectivity index (χ1n) is 6.98. The summed E-state index contributed by atoms with van der Waals surface area (Å²) in [7, 11) is 1.75. The number of nitrogen functional groups attached to an aromatic ring is 1. The fourth-order valence-electron chi connectivity index (χ4n) is 2.99. The van der Waals surface area contributed by atoms with Crippen molar-refractivity contribution < 1.29 is 9.18 Å². The summed E-state index contributed by atoms with van der Waals surface area (Å²) in [6, 6.07) is 12.5. The van der Waals surface area contributed by atoms with Crippen molar-refractivity contribution >= 4 is 11.6 Å². The number of aryl methyl sites for hydroxylation is 1. The smallest absolute Gasteiger partial charge is 0.256 e. The molecule has 1 aliphatic rings. The Labute approximate surface area is 123 Å². The first kappa shape index (κ1) is 13.6. The van der Waals surface area contributed by atoms with Gasteiger partial charge >= 0.3 is 0 Å². The number of carbonyl (C=O) groups excluding carboxylic acids is 1. The summed E-state index contributed by atoms with van der Waals surface area (Å²) in [5.41, 5.74) is 8.28. The van der Waals surface area contributed by atoms with E-state index in [1.165, 1.54) is 23.3 Å². The summed E-state index contributed by atoms with van der Waals surface area (Å²) in [5.74, 6) is -0.797. The molecule has 3 nitrogen and oxygen atoms in total. The van der Waals surface area contributed by atoms with Crippen LogP contribution in [0.3, 0.4) is 0 Å². The van der Waals surface area contributed by atoms with Crippen LogP contribution in [0.4, 0.5) is 10.1 Å². The monoisotopic (exact) mass is 284 g/mol. The van der Waals surface area contributed by atoms with Gasteiger partial charge in [0.1, 0.15) is 5.82 Å². The van der Waals surface area contributed by atoms with Crippen LogP contribution in [0, 0.1) is 5.82 Å². The molecule has 1 aliphatic carbocycles. The van der Waals surface area contributed by atoms with Crippen molar-refractivity contribution in [2.75, 3.05) is 12.8 Å². The summed E-state index contributed by atoms with van der Waals surface area (Å²) < 4.78 is 13.5. The van der Waals surface area contributed by atoms with Crippen LogP contribution in [0.25, 0.3) is 0 Å². The second-order valence-electron chi connectivity index (χ2n) is 5.37. The van der Waals surface area contributed by atoms with Gasteiger partial charge in [-0.15, -0.1) is 0 Å². The molecule has 0 heterocycles. The van der Waals surface area contributed by atoms with Crippen LogP contribution >= 0.6 is 0 Å². The zero-order valence-electron chi connectivity index (χ0n) is 11.8. The molecular formula is C17H17FN2O. The third kappa shape index (κ3) is 2.27. The molecule has 0 saturated heterocycles. The van der Waals surface area contributed by atoms with Gasteiger partial charge in [-0.25, -0.2) is 4.39 Å². The number of fused-ring (bicyclic) bond motifs is 1. The Hall–Kier alpha value is -2.36. The van der Waals surface area contributed by atoms with E-state index in [9.17, 15) is 9.18 Å². The van der Waals surface area contributed by atoms with Crippen LogP contribution < -0.4 is 5.73 Å². The number of hydrogen-bond donors (Lipinski definition) is 1. The number of carbonyl (C=O) groups is 1. The molecule has 0 bridgehead atoms. The molecule has 1 unspecified atom stereocenters. The molecule has 0 spiro atoms. The van der Waals surface area contributed by atoms with Gasteiger partial charge in [-0.2, -0.15) is 0 Å². The average Bonchev–Trinajstić information content (AvgIpc) is 2.92. The molecule has 108 valence electrons. The Morgan fingerprint density at radius 2 is 2.00 bits per heavy atom. The maximum Gasteiger partial charge on any atom is 0.256 e. The van der Waals surface area contributed by atoms with Crippen molar-refractivity contribution in [2.45, 2.75) is 18.9 Å². The van der Waals surface area contributed by atoms with Gasteiger partial charge in [0.2, 0.25) is 0 Å². The Balaban J connectivity index is 1.91. The molecule has 2 aromatic carbocycles. The lowest BCUT2D eigenvalue weighted by atomic mass is 10.1. The van der Waals surface area contributed by atoms with Crippen LogP contribution in [0.1, 0.15) is 33.9 Å². The minimum Gasteiger partial charge on any atom is -0.396 e. The minimum absolute atomic E-state index is 0.0244. The predicted octanol–water partition coefficient (Wildman–Crippen LogP) is 3.17. The van der Waals surface area contributed by atoms with E-state index < -0.39 is 5.82 Å². The first-order chi connectivity index (χ1) is 10.1. The average molecular weight is 284 g/mol. The normalized spacial score (nSPS) is 16.6. The number of rotatable bonds is 2. The van der Waals surface area contributed by atoms with E-state index in [-0.39, 0.29) is 23.2 Å². The SMILES string of the molecule is CN(C(=O)c1cccc(F)c1N)C1CCc2ccccc21. The van der Waals surface area contributed by atoms with Crippen molar-refractivity contribution in [3.05, 3.63) is 65.0 Å². The fraction of sp³-hybridized carbons (Fsp3) is 0.235. The first-order valence-corrected chi connectivity index (χ1v) is 6.98. The summed E-state index contributed by atoms with van der Waals surface area (Å²) in [6.45, 7) is 0. The molecule has 1 atom stereocenters. The number of nitrogens with two attached hydrogens (primary N) is 1. The van der Waals surface area contributed by atoms with Crippen molar-refractivity contribution in [3.8, 4) is 0 Å². The van der Waals surface area contributed by atoms with Crippen LogP contribution in [0.2, 0.25) is 0 Å². The topological polar surface area (TPSA) is 46.3 Å². The van der Waals surface area contributed by atoms with Gasteiger partial charge in [-0.05, 0) is 36.1 Å². The quantitative estimate of drug-likeness (QED) is 0.861. The molecule has 0 fully saturated rings. The number of anilines is 1. The molecule has 4 heteroatoms. The van der Waals surface area contributed by atoms with Crippen molar-refractivity contribution in [3.63, 3.8) is 0 Å². The fourth-order valence-corrected chi connectivity index (χ4v) is 2.99. The lowest BCUT2D eigenvalue weighted by molar-refractivity contribution is 0.0731. The van der Waals surface area contributed by atoms with E-state index in [2.05, 4.69) is 6.07 Å². The Morgan fingerprint density at radius 1 is 1.24 bits per heavy atom. The number of amides is 1. The van der Waals surface area contributed by atoms with E-state index >= 15 is 0 Å². The minimum atomic E-state index is -0.555. The lowest BCUT2D eigenvalue weighted by Gasteiger charge is -2.26. The molecule has 2 aromatic rings. The van der Waals surface area contributed by atoms with E-state index in [1.807, 2.05) is 18.2 Å². The van der Waals surface area contributed by atoms with Gasteiger partial charge in [-0.3, -0.25) is 4.79 Å². The highest BCUT2D eigenvalue weighted by Gasteiger charge is 2.29. The molecule has 2 N–H and O–H groups in total. The van der Waals surface area contributed by atoms with Gasteiger partial charge in [0.15, 0.2) is 0 Å². The zero-order valence-corrected chi connectivity index (χ0v) is 11.8. The van der Waals surface area contributed by atoms with Crippen LogP contribution in [-0.2, 0) is 6.42 Å². The molecule has 0 saturated carbocycles. The Bertz CT molecular complexity index is 699. The summed E-state index contributed by atoms with van der Waals surface area (Å²) in [6.07, 6.45) is 1.84. The molecule has 0 aliphatic heterocycles. The number of nitrogens with zero attached hydrogens (tertiary/aromatic N) is 1. The largest absolute Gasteiger partial charge is 0.396 e. The van der Waals surface area contributed by atoms with Crippen LogP contribution in [0.5, 0.6) is 0 Å². The van der Waals surface area contributed by atoms with E-state index in [1.54, 1.807) is 18.0 Å². The molecular weight excluding hydrogens is 267 g/mol. The summed E-state index contributed by atoms with van der Waals surface area (Å²) in [5, 5.41) is 0. The second kappa shape index (κ2) is 5.20. The highest BCUT2D eigenvalue weighted by Crippen LogP contribution is 2.35. The van der Waals surface area contributed by atoms with E-state index in [0.717, 1.165) is 12.8 Å². The number of benzene rings is 2. The van der Waals surface area contributed by atoms with Crippen molar-refractivity contribution in [1.29, 1.82) is 0 Å². The van der Waals surface area contributed by atoms with Gasteiger partial charge in [0.05, 0.1) is 17.3 Å². The van der Waals surface area contributed by atoms with Gasteiger partial charge in [0, 0.05) is 7.05 Å². The van der Waals surface area contributed by atoms with Gasteiger partial charge in [0.25, 0.3) is 5.91 Å². The molecule has 1 amide bonds. The molecule has 21 heavy (non-hydrogen) atoms. The maximum absolute atomic E-state index is 13.5. The summed E-state index contributed by atoms with van der Waals surface area (Å²) >= 11 is 0. The Kier molecular flexibility index (Phi) is 3.37. The Morgan fingerprint density at radius 3 is 2.81 bits per heavy atom. The van der Waals surface area contributed by atoms with Gasteiger partial charge in [-0.1, -0.05) is 30.3 Å². The van der Waals surface area contributed by atoms with Crippen LogP contribution in [-0.4, -0.2) is 17.9 Å². The highest BCUT2D eigenvalue weighted by molar-refractivity contribution is 5.99. The number of hydrogen-bond acceptors (Lipinski definition) is 2. The van der Waals surface area contributed by atoms with Crippen LogP contribution in [0.15, 0.2) is 42.5 Å². The highest BCUT2D eigenvalue weighted by atomic mass is 19.1. The maximum atomic E-state index is 13.5. The standard InChI is InChI=1S/C17H17FN2O/c1-20(15-10-9-11-5-2-3-6-12(11)15)17(21)13-7-4-8-14(18)16(13)19/h2-8,15H,9-10,19H2,1H3. The number of halogens is 1. The third-order valence-corrected chi connectivity index (χ3v) is 4.17. The molecule has 0 aromatic heterocycles. The molecule has 3 rings (SSSR count). The number of para-hydroxylation sites is 1. The third-order valence-electron chi connectivity index (χ3n) is 4.17. The predicted molar refractivity (Wildman–Crippen MR) is 80.4 cm³/mol. The molecule has 0 radical (unpaired) electrons. The van der Waals surface area contributed by atoms with Gasteiger partial charge < -0.3 is 10.6 Å².